The third kappa shape index (κ3) is 4.35. The van der Waals surface area contributed by atoms with E-state index >= 15 is 0 Å². The molecule has 1 aliphatic rings. The summed E-state index contributed by atoms with van der Waals surface area (Å²) in [7, 11) is 0. The summed E-state index contributed by atoms with van der Waals surface area (Å²) >= 11 is 0. The standard InChI is InChI=1S/C25H24N2O3/c1-18-9-5-8-14-22(18)26-24(28)23-15-20-12-6-7-13-21(20)16-27(23)25(29)30-17-19-10-3-2-4-11-19/h2-14,23H,15-17H2,1H3,(H,26,28). The Morgan fingerprint density at radius 3 is 2.37 bits per heavy atom. The molecule has 3 aromatic rings. The minimum absolute atomic E-state index is 0.171. The monoisotopic (exact) mass is 400 g/mol. The Labute approximate surface area is 176 Å². The molecule has 1 N–H and O–H groups in total. The Balaban J connectivity index is 1.54. The molecule has 1 aliphatic heterocycles. The second-order valence-electron chi connectivity index (χ2n) is 7.46. The van der Waals surface area contributed by atoms with Crippen LogP contribution < -0.4 is 5.32 Å². The Hall–Kier alpha value is -3.60. The predicted molar refractivity (Wildman–Crippen MR) is 116 cm³/mol. The Kier molecular flexibility index (Phi) is 5.80. The van der Waals surface area contributed by atoms with E-state index in [9.17, 15) is 9.59 Å². The number of nitrogens with zero attached hydrogens (tertiary/aromatic N) is 1. The molecule has 0 spiro atoms. The molecule has 1 atom stereocenters. The van der Waals surface area contributed by atoms with Crippen LogP contribution in [-0.4, -0.2) is 22.9 Å². The number of benzene rings is 3. The van der Waals surface area contributed by atoms with Gasteiger partial charge in [-0.25, -0.2) is 4.79 Å². The van der Waals surface area contributed by atoms with Crippen LogP contribution in [0.25, 0.3) is 0 Å². The van der Waals surface area contributed by atoms with Crippen molar-refractivity contribution in [3.63, 3.8) is 0 Å². The number of ether oxygens (including phenoxy) is 1. The Bertz CT molecular complexity index is 1050. The summed E-state index contributed by atoms with van der Waals surface area (Å²) < 4.78 is 5.54. The molecule has 0 bridgehead atoms. The van der Waals surface area contributed by atoms with Crippen LogP contribution in [0.5, 0.6) is 0 Å². The first kappa shape index (κ1) is 19.7. The molecule has 30 heavy (non-hydrogen) atoms. The quantitative estimate of drug-likeness (QED) is 0.691. The lowest BCUT2D eigenvalue weighted by Gasteiger charge is -2.35. The zero-order chi connectivity index (χ0) is 20.9. The molecule has 0 aliphatic carbocycles. The molecule has 3 aromatic carbocycles. The number of hydrogen-bond acceptors (Lipinski definition) is 3. The van der Waals surface area contributed by atoms with Gasteiger partial charge in [0.05, 0.1) is 6.54 Å². The summed E-state index contributed by atoms with van der Waals surface area (Å²) in [4.78, 5) is 27.6. The Morgan fingerprint density at radius 1 is 0.933 bits per heavy atom. The number of fused-ring (bicyclic) bond motifs is 1. The molecule has 152 valence electrons. The van der Waals surface area contributed by atoms with Gasteiger partial charge >= 0.3 is 6.09 Å². The summed E-state index contributed by atoms with van der Waals surface area (Å²) in [5.74, 6) is -0.213. The van der Waals surface area contributed by atoms with Gasteiger partial charge in [-0.15, -0.1) is 0 Å². The van der Waals surface area contributed by atoms with E-state index in [2.05, 4.69) is 5.32 Å². The highest BCUT2D eigenvalue weighted by Crippen LogP contribution is 2.26. The first-order chi connectivity index (χ1) is 14.6. The van der Waals surface area contributed by atoms with E-state index in [0.29, 0.717) is 13.0 Å². The average molecular weight is 400 g/mol. The van der Waals surface area contributed by atoms with E-state index < -0.39 is 12.1 Å². The fourth-order valence-corrected chi connectivity index (χ4v) is 3.68. The fraction of sp³-hybridized carbons (Fsp3) is 0.200. The van der Waals surface area contributed by atoms with Crippen molar-refractivity contribution in [1.82, 2.24) is 4.90 Å². The number of para-hydroxylation sites is 1. The number of amides is 2. The first-order valence-corrected chi connectivity index (χ1v) is 10.0. The van der Waals surface area contributed by atoms with E-state index in [1.165, 1.54) is 4.90 Å². The van der Waals surface area contributed by atoms with Crippen LogP contribution >= 0.6 is 0 Å². The molecule has 2 amide bonds. The summed E-state index contributed by atoms with van der Waals surface area (Å²) in [5, 5.41) is 2.98. The fourth-order valence-electron chi connectivity index (χ4n) is 3.68. The smallest absolute Gasteiger partial charge is 0.411 e. The minimum Gasteiger partial charge on any atom is -0.445 e. The second-order valence-corrected chi connectivity index (χ2v) is 7.46. The van der Waals surface area contributed by atoms with Gasteiger partial charge in [-0.05, 0) is 35.2 Å². The normalized spacial score (nSPS) is 15.2. The number of aryl methyl sites for hydroxylation is 1. The number of carbonyl (C=O) groups excluding carboxylic acids is 2. The van der Waals surface area contributed by atoms with Gasteiger partial charge in [-0.2, -0.15) is 0 Å². The van der Waals surface area contributed by atoms with Crippen LogP contribution in [0.3, 0.4) is 0 Å². The molecule has 5 nitrogen and oxygen atoms in total. The molecular formula is C25H24N2O3. The van der Waals surface area contributed by atoms with Gasteiger partial charge in [0.2, 0.25) is 5.91 Å². The van der Waals surface area contributed by atoms with Gasteiger partial charge in [-0.3, -0.25) is 9.69 Å². The van der Waals surface area contributed by atoms with Crippen molar-refractivity contribution >= 4 is 17.7 Å². The van der Waals surface area contributed by atoms with Gasteiger partial charge in [0.1, 0.15) is 12.6 Å². The van der Waals surface area contributed by atoms with Crippen molar-refractivity contribution < 1.29 is 14.3 Å². The lowest BCUT2D eigenvalue weighted by molar-refractivity contribution is -0.121. The SMILES string of the molecule is Cc1ccccc1NC(=O)C1Cc2ccccc2CN1C(=O)OCc1ccccc1. The lowest BCUT2D eigenvalue weighted by atomic mass is 9.93. The third-order valence-electron chi connectivity index (χ3n) is 5.39. The molecular weight excluding hydrogens is 376 g/mol. The summed E-state index contributed by atoms with van der Waals surface area (Å²) in [6, 6.07) is 24.4. The molecule has 0 aromatic heterocycles. The van der Waals surface area contributed by atoms with Crippen molar-refractivity contribution in [2.45, 2.75) is 32.5 Å². The van der Waals surface area contributed by atoms with Crippen LogP contribution in [0, 0.1) is 6.92 Å². The van der Waals surface area contributed by atoms with E-state index in [1.807, 2.05) is 85.8 Å². The molecule has 5 heteroatoms. The lowest BCUT2D eigenvalue weighted by Crippen LogP contribution is -2.50. The van der Waals surface area contributed by atoms with Crippen molar-refractivity contribution in [1.29, 1.82) is 0 Å². The summed E-state index contributed by atoms with van der Waals surface area (Å²) in [6.45, 7) is 2.46. The van der Waals surface area contributed by atoms with Crippen LogP contribution in [0.15, 0.2) is 78.9 Å². The van der Waals surface area contributed by atoms with Crippen molar-refractivity contribution in [3.05, 3.63) is 101 Å². The highest BCUT2D eigenvalue weighted by Gasteiger charge is 2.35. The van der Waals surface area contributed by atoms with Crippen molar-refractivity contribution in [2.24, 2.45) is 0 Å². The third-order valence-corrected chi connectivity index (χ3v) is 5.39. The number of anilines is 1. The molecule has 1 unspecified atom stereocenters. The van der Waals surface area contributed by atoms with Crippen LogP contribution in [0.4, 0.5) is 10.5 Å². The molecule has 4 rings (SSSR count). The van der Waals surface area contributed by atoms with Crippen molar-refractivity contribution in [3.8, 4) is 0 Å². The van der Waals surface area contributed by atoms with Gasteiger partial charge in [-0.1, -0.05) is 72.8 Å². The maximum Gasteiger partial charge on any atom is 0.411 e. The van der Waals surface area contributed by atoms with Crippen LogP contribution in [0.1, 0.15) is 22.3 Å². The summed E-state index contributed by atoms with van der Waals surface area (Å²) in [6.07, 6.45) is -0.0350. The van der Waals surface area contributed by atoms with Gasteiger partial charge in [0.25, 0.3) is 0 Å². The molecule has 0 saturated carbocycles. The number of hydrogen-bond donors (Lipinski definition) is 1. The zero-order valence-corrected chi connectivity index (χ0v) is 16.9. The first-order valence-electron chi connectivity index (χ1n) is 10.0. The van der Waals surface area contributed by atoms with Crippen molar-refractivity contribution in [2.75, 3.05) is 5.32 Å². The maximum absolute atomic E-state index is 13.2. The number of carbonyl (C=O) groups is 2. The number of rotatable bonds is 4. The summed E-state index contributed by atoms with van der Waals surface area (Å²) in [5.41, 5.74) is 4.74. The van der Waals surface area contributed by atoms with E-state index in [0.717, 1.165) is 27.9 Å². The Morgan fingerprint density at radius 2 is 1.60 bits per heavy atom. The van der Waals surface area contributed by atoms with E-state index in [-0.39, 0.29) is 12.5 Å². The molecule has 0 saturated heterocycles. The maximum atomic E-state index is 13.2. The minimum atomic E-state index is -0.636. The van der Waals surface area contributed by atoms with E-state index in [1.54, 1.807) is 0 Å². The predicted octanol–water partition coefficient (Wildman–Crippen LogP) is 4.70. The van der Waals surface area contributed by atoms with Gasteiger partial charge < -0.3 is 10.1 Å². The van der Waals surface area contributed by atoms with Gasteiger partial charge in [0, 0.05) is 12.1 Å². The zero-order valence-electron chi connectivity index (χ0n) is 16.9. The van der Waals surface area contributed by atoms with Gasteiger partial charge in [0.15, 0.2) is 0 Å². The van der Waals surface area contributed by atoms with E-state index in [4.69, 9.17) is 4.74 Å². The molecule has 0 fully saturated rings. The largest absolute Gasteiger partial charge is 0.445 e. The average Bonchev–Trinajstić information content (AvgIpc) is 2.78. The topological polar surface area (TPSA) is 58.6 Å². The highest BCUT2D eigenvalue weighted by atomic mass is 16.6. The number of nitrogens with one attached hydrogen (secondary N) is 1. The van der Waals surface area contributed by atoms with Crippen LogP contribution in [0.2, 0.25) is 0 Å². The van der Waals surface area contributed by atoms with Crippen LogP contribution in [-0.2, 0) is 29.1 Å². The second kappa shape index (κ2) is 8.82. The molecule has 0 radical (unpaired) electrons. The molecule has 1 heterocycles. The highest BCUT2D eigenvalue weighted by molar-refractivity contribution is 5.97.